The van der Waals surface area contributed by atoms with E-state index in [4.69, 9.17) is 21.3 Å². The Morgan fingerprint density at radius 2 is 1.79 bits per heavy atom. The number of aromatic nitrogens is 1. The van der Waals surface area contributed by atoms with Crippen LogP contribution < -0.4 is 19.6 Å². The van der Waals surface area contributed by atoms with Gasteiger partial charge in [-0.15, -0.1) is 0 Å². The van der Waals surface area contributed by atoms with Crippen LogP contribution in [0.25, 0.3) is 11.8 Å². The molecule has 0 fully saturated rings. The lowest BCUT2D eigenvalue weighted by Crippen LogP contribution is -2.38. The molecule has 0 amide bonds. The van der Waals surface area contributed by atoms with Gasteiger partial charge in [-0.3, -0.25) is 9.36 Å². The third-order valence-corrected chi connectivity index (χ3v) is 7.71. The van der Waals surface area contributed by atoms with E-state index in [0.717, 1.165) is 45.8 Å². The number of allylic oxidation sites excluding steroid dienone is 1. The summed E-state index contributed by atoms with van der Waals surface area (Å²) in [6.07, 6.45) is 3.72. The molecule has 1 atom stereocenters. The van der Waals surface area contributed by atoms with Crippen LogP contribution in [-0.2, 0) is 6.42 Å². The highest BCUT2D eigenvalue weighted by Crippen LogP contribution is 2.41. The largest absolute Gasteiger partial charge is 0.497 e. The van der Waals surface area contributed by atoms with Crippen LogP contribution in [0.2, 0.25) is 5.02 Å². The summed E-state index contributed by atoms with van der Waals surface area (Å²) in [4.78, 5) is 19.5. The number of thiazole rings is 1. The van der Waals surface area contributed by atoms with E-state index >= 15 is 0 Å². The molecule has 1 aliphatic heterocycles. The maximum atomic E-state index is 13.7. The standard InChI is InChI=1S/C28H21ClN2O2S/c1-33-21-13-8-19(9-14-21)26-23-15-10-18-4-2-3-5-22(18)25(23)30-28-31(26)27(32)24(34-28)16-17-6-11-20(29)12-7-17/h2-9,11-14,16,26H,10,15H2,1H3. The maximum Gasteiger partial charge on any atom is 0.271 e. The van der Waals surface area contributed by atoms with Crippen molar-refractivity contribution in [3.05, 3.63) is 125 Å². The fourth-order valence-electron chi connectivity index (χ4n) is 4.82. The number of halogens is 1. The van der Waals surface area contributed by atoms with Gasteiger partial charge in [0.15, 0.2) is 4.80 Å². The SMILES string of the molecule is COc1ccc(C2C3=C(N=c4sc(=Cc5ccc(Cl)cc5)c(=O)n42)c2ccccc2CC3)cc1. The predicted octanol–water partition coefficient (Wildman–Crippen LogP) is 4.98. The summed E-state index contributed by atoms with van der Waals surface area (Å²) in [6.45, 7) is 0. The van der Waals surface area contributed by atoms with Crippen LogP contribution in [0, 0.1) is 0 Å². The van der Waals surface area contributed by atoms with E-state index in [1.807, 2.05) is 47.0 Å². The van der Waals surface area contributed by atoms with E-state index in [9.17, 15) is 4.79 Å². The van der Waals surface area contributed by atoms with Crippen molar-refractivity contribution in [3.8, 4) is 5.75 Å². The Morgan fingerprint density at radius 3 is 2.56 bits per heavy atom. The third-order valence-electron chi connectivity index (χ3n) is 6.47. The summed E-state index contributed by atoms with van der Waals surface area (Å²) in [5, 5.41) is 0.671. The molecule has 0 radical (unpaired) electrons. The van der Waals surface area contributed by atoms with Crippen LogP contribution in [0.4, 0.5) is 0 Å². The number of benzene rings is 3. The van der Waals surface area contributed by atoms with Crippen molar-refractivity contribution in [1.29, 1.82) is 0 Å². The van der Waals surface area contributed by atoms with Gasteiger partial charge < -0.3 is 4.74 Å². The molecular weight excluding hydrogens is 464 g/mol. The van der Waals surface area contributed by atoms with Gasteiger partial charge in [-0.2, -0.15) is 0 Å². The number of fused-ring (bicyclic) bond motifs is 3. The van der Waals surface area contributed by atoms with Crippen LogP contribution in [0.5, 0.6) is 5.75 Å². The minimum Gasteiger partial charge on any atom is -0.497 e. The molecule has 1 aromatic heterocycles. The molecule has 4 nitrogen and oxygen atoms in total. The summed E-state index contributed by atoms with van der Waals surface area (Å²) < 4.78 is 7.89. The van der Waals surface area contributed by atoms with Crippen molar-refractivity contribution < 1.29 is 4.74 Å². The first-order valence-electron chi connectivity index (χ1n) is 11.1. The molecule has 0 bridgehead atoms. The van der Waals surface area contributed by atoms with E-state index in [0.29, 0.717) is 9.55 Å². The van der Waals surface area contributed by atoms with E-state index in [2.05, 4.69) is 36.4 Å². The first-order chi connectivity index (χ1) is 16.6. The number of ether oxygens (including phenoxy) is 1. The Bertz CT molecular complexity index is 1610. The van der Waals surface area contributed by atoms with Crippen molar-refractivity contribution in [2.45, 2.75) is 18.9 Å². The number of nitrogens with zero attached hydrogens (tertiary/aromatic N) is 2. The summed E-state index contributed by atoms with van der Waals surface area (Å²) in [5.74, 6) is 0.794. The highest BCUT2D eigenvalue weighted by atomic mass is 35.5. The fraction of sp³-hybridized carbons (Fsp3) is 0.143. The molecule has 1 unspecified atom stereocenters. The van der Waals surface area contributed by atoms with Gasteiger partial charge in [0.25, 0.3) is 5.56 Å². The molecule has 34 heavy (non-hydrogen) atoms. The monoisotopic (exact) mass is 484 g/mol. The zero-order valence-electron chi connectivity index (χ0n) is 18.5. The van der Waals surface area contributed by atoms with Gasteiger partial charge in [0.05, 0.1) is 23.4 Å². The molecule has 6 rings (SSSR count). The lowest BCUT2D eigenvalue weighted by Gasteiger charge is -2.30. The molecule has 6 heteroatoms. The van der Waals surface area contributed by atoms with Crippen LogP contribution in [-0.4, -0.2) is 11.7 Å². The molecule has 3 aromatic carbocycles. The molecule has 2 aliphatic rings. The second kappa shape index (κ2) is 8.42. The number of rotatable bonds is 3. The van der Waals surface area contributed by atoms with E-state index < -0.39 is 0 Å². The minimum absolute atomic E-state index is 0.0232. The Morgan fingerprint density at radius 1 is 1.03 bits per heavy atom. The second-order valence-electron chi connectivity index (χ2n) is 8.44. The summed E-state index contributed by atoms with van der Waals surface area (Å²) in [6, 6.07) is 23.8. The van der Waals surface area contributed by atoms with Crippen LogP contribution >= 0.6 is 22.9 Å². The molecule has 0 N–H and O–H groups in total. The number of hydrogen-bond donors (Lipinski definition) is 0. The lowest BCUT2D eigenvalue weighted by atomic mass is 9.83. The minimum atomic E-state index is -0.196. The number of aryl methyl sites for hydroxylation is 1. The van der Waals surface area contributed by atoms with Crippen LogP contribution in [0.15, 0.2) is 88.2 Å². The quantitative estimate of drug-likeness (QED) is 0.411. The zero-order chi connectivity index (χ0) is 23.2. The highest BCUT2D eigenvalue weighted by molar-refractivity contribution is 7.07. The smallest absolute Gasteiger partial charge is 0.271 e. The predicted molar refractivity (Wildman–Crippen MR) is 137 cm³/mol. The summed E-state index contributed by atoms with van der Waals surface area (Å²) in [7, 11) is 1.66. The average Bonchev–Trinajstić information content (AvgIpc) is 3.18. The van der Waals surface area contributed by atoms with E-state index in [1.165, 1.54) is 22.5 Å². The van der Waals surface area contributed by atoms with Crippen molar-refractivity contribution >= 4 is 34.7 Å². The Kier molecular flexibility index (Phi) is 5.24. The zero-order valence-corrected chi connectivity index (χ0v) is 20.1. The highest BCUT2D eigenvalue weighted by Gasteiger charge is 2.32. The van der Waals surface area contributed by atoms with Crippen LogP contribution in [0.3, 0.4) is 0 Å². The Labute approximate surface area is 205 Å². The Hall–Kier alpha value is -3.41. The molecule has 4 aromatic rings. The van der Waals surface area contributed by atoms with Gasteiger partial charge in [-0.05, 0) is 65.4 Å². The first-order valence-corrected chi connectivity index (χ1v) is 12.3. The maximum absolute atomic E-state index is 13.7. The first kappa shape index (κ1) is 21.1. The third kappa shape index (κ3) is 3.52. The van der Waals surface area contributed by atoms with Gasteiger partial charge in [0.2, 0.25) is 0 Å². The lowest BCUT2D eigenvalue weighted by molar-refractivity contribution is 0.414. The van der Waals surface area contributed by atoms with Crippen molar-refractivity contribution in [2.24, 2.45) is 4.99 Å². The van der Waals surface area contributed by atoms with Crippen molar-refractivity contribution in [1.82, 2.24) is 4.57 Å². The molecule has 0 saturated carbocycles. The van der Waals surface area contributed by atoms with E-state index in [-0.39, 0.29) is 11.6 Å². The normalized spacial score (nSPS) is 17.0. The summed E-state index contributed by atoms with van der Waals surface area (Å²) >= 11 is 7.48. The summed E-state index contributed by atoms with van der Waals surface area (Å²) in [5.41, 5.74) is 6.63. The van der Waals surface area contributed by atoms with Crippen molar-refractivity contribution in [2.75, 3.05) is 7.11 Å². The van der Waals surface area contributed by atoms with Gasteiger partial charge >= 0.3 is 0 Å². The van der Waals surface area contributed by atoms with Crippen molar-refractivity contribution in [3.63, 3.8) is 0 Å². The molecular formula is C28H21ClN2O2S. The molecule has 0 spiro atoms. The molecule has 1 aliphatic carbocycles. The van der Waals surface area contributed by atoms with Gasteiger partial charge in [-0.25, -0.2) is 4.99 Å². The topological polar surface area (TPSA) is 43.6 Å². The van der Waals surface area contributed by atoms with Gasteiger partial charge in [0.1, 0.15) is 5.75 Å². The van der Waals surface area contributed by atoms with Crippen LogP contribution in [0.1, 0.15) is 34.7 Å². The molecule has 0 saturated heterocycles. The fourth-order valence-corrected chi connectivity index (χ4v) is 5.95. The second-order valence-corrected chi connectivity index (χ2v) is 9.88. The van der Waals surface area contributed by atoms with E-state index in [1.54, 1.807) is 7.11 Å². The van der Waals surface area contributed by atoms with Gasteiger partial charge in [0, 0.05) is 10.6 Å². The molecule has 168 valence electrons. The average molecular weight is 485 g/mol. The Balaban J connectivity index is 1.60. The number of methoxy groups -OCH3 is 1. The number of hydrogen-bond acceptors (Lipinski definition) is 4. The molecule has 2 heterocycles. The van der Waals surface area contributed by atoms with Gasteiger partial charge in [-0.1, -0.05) is 71.5 Å².